The summed E-state index contributed by atoms with van der Waals surface area (Å²) < 4.78 is 0.566. The first-order chi connectivity index (χ1) is 8.65. The van der Waals surface area contributed by atoms with E-state index in [1.165, 1.54) is 28.2 Å². The van der Waals surface area contributed by atoms with Gasteiger partial charge in [-0.1, -0.05) is 22.9 Å². The maximum absolute atomic E-state index is 11.7. The van der Waals surface area contributed by atoms with E-state index in [9.17, 15) is 9.59 Å². The van der Waals surface area contributed by atoms with Crippen molar-refractivity contribution in [2.24, 2.45) is 0 Å². The molecule has 0 unspecified atom stereocenters. The summed E-state index contributed by atoms with van der Waals surface area (Å²) in [7, 11) is 0. The molecule has 8 heteroatoms. The number of amides is 1. The van der Waals surface area contributed by atoms with E-state index in [1.54, 1.807) is 12.1 Å². The Morgan fingerprint density at radius 3 is 2.78 bits per heavy atom. The van der Waals surface area contributed by atoms with Crippen molar-refractivity contribution in [3.63, 3.8) is 0 Å². The van der Waals surface area contributed by atoms with E-state index in [1.807, 2.05) is 0 Å². The van der Waals surface area contributed by atoms with Gasteiger partial charge in [0.1, 0.15) is 5.51 Å². The van der Waals surface area contributed by atoms with Crippen LogP contribution < -0.4 is 5.32 Å². The number of thiophene rings is 1. The number of ketones is 1. The lowest BCUT2D eigenvalue weighted by Crippen LogP contribution is -2.13. The molecule has 1 amide bonds. The van der Waals surface area contributed by atoms with Gasteiger partial charge < -0.3 is 5.32 Å². The summed E-state index contributed by atoms with van der Waals surface area (Å²) in [5, 5.41) is 10.3. The van der Waals surface area contributed by atoms with Gasteiger partial charge in [0.05, 0.1) is 9.21 Å². The molecule has 0 fully saturated rings. The molecule has 0 radical (unpaired) electrons. The molecule has 0 atom stereocenters. The summed E-state index contributed by atoms with van der Waals surface area (Å²) in [4.78, 5) is 23.8. The van der Waals surface area contributed by atoms with Crippen molar-refractivity contribution in [3.05, 3.63) is 26.9 Å². The minimum Gasteiger partial charge on any atom is -0.301 e. The first-order valence-corrected chi connectivity index (χ1v) is 7.07. The van der Waals surface area contributed by atoms with E-state index in [0.29, 0.717) is 14.3 Å². The zero-order valence-corrected chi connectivity index (χ0v) is 11.4. The molecule has 2 aromatic heterocycles. The first kappa shape index (κ1) is 13.1. The van der Waals surface area contributed by atoms with Crippen molar-refractivity contribution in [3.8, 4) is 0 Å². The number of halogens is 1. The normalized spacial score (nSPS) is 10.3. The van der Waals surface area contributed by atoms with Crippen molar-refractivity contribution in [1.29, 1.82) is 0 Å². The third kappa shape index (κ3) is 3.59. The molecule has 5 nitrogen and oxygen atoms in total. The highest BCUT2D eigenvalue weighted by Crippen LogP contribution is 2.23. The maximum Gasteiger partial charge on any atom is 0.226 e. The van der Waals surface area contributed by atoms with Gasteiger partial charge in [-0.05, 0) is 12.1 Å². The Bertz CT molecular complexity index is 553. The average Bonchev–Trinajstić information content (AvgIpc) is 2.97. The molecule has 2 aromatic rings. The van der Waals surface area contributed by atoms with E-state index >= 15 is 0 Å². The van der Waals surface area contributed by atoms with Crippen molar-refractivity contribution < 1.29 is 9.59 Å². The van der Waals surface area contributed by atoms with Crippen LogP contribution in [0.15, 0.2) is 17.6 Å². The van der Waals surface area contributed by atoms with Crippen LogP contribution in [0.5, 0.6) is 0 Å². The third-order valence-corrected chi connectivity index (χ3v) is 3.91. The highest BCUT2D eigenvalue weighted by molar-refractivity contribution is 7.18. The summed E-state index contributed by atoms with van der Waals surface area (Å²) in [5.41, 5.74) is 1.52. The van der Waals surface area contributed by atoms with Crippen LogP contribution in [0.2, 0.25) is 4.34 Å². The van der Waals surface area contributed by atoms with E-state index in [2.05, 4.69) is 15.5 Å². The van der Waals surface area contributed by atoms with Crippen molar-refractivity contribution >= 4 is 51.1 Å². The Balaban J connectivity index is 1.81. The highest BCUT2D eigenvalue weighted by Gasteiger charge is 2.12. The van der Waals surface area contributed by atoms with Gasteiger partial charge in [-0.2, -0.15) is 0 Å². The number of hydrogen-bond donors (Lipinski definition) is 1. The van der Waals surface area contributed by atoms with Gasteiger partial charge in [-0.15, -0.1) is 21.5 Å². The van der Waals surface area contributed by atoms with Crippen LogP contribution in [0.4, 0.5) is 5.13 Å². The zero-order valence-electron chi connectivity index (χ0n) is 9.05. The lowest BCUT2D eigenvalue weighted by Gasteiger charge is -1.99. The summed E-state index contributed by atoms with van der Waals surface area (Å²) in [5.74, 6) is -0.331. The summed E-state index contributed by atoms with van der Waals surface area (Å²) >= 11 is 8.18. The molecule has 0 bridgehead atoms. The zero-order chi connectivity index (χ0) is 13.0. The number of nitrogens with one attached hydrogen (secondary N) is 1. The second-order valence-electron chi connectivity index (χ2n) is 3.32. The molecule has 0 saturated carbocycles. The Kier molecular flexibility index (Phi) is 4.40. The Morgan fingerprint density at radius 2 is 2.17 bits per heavy atom. The number of carbonyl (C=O) groups excluding carboxylic acids is 2. The predicted molar refractivity (Wildman–Crippen MR) is 71.4 cm³/mol. The molecular weight excluding hydrogens is 294 g/mol. The highest BCUT2D eigenvalue weighted by atomic mass is 35.5. The molecule has 0 aliphatic carbocycles. The van der Waals surface area contributed by atoms with Crippen LogP contribution in [-0.4, -0.2) is 21.9 Å². The maximum atomic E-state index is 11.7. The number of carbonyl (C=O) groups is 2. The molecule has 0 saturated heterocycles. The fraction of sp³-hybridized carbons (Fsp3) is 0.200. The van der Waals surface area contributed by atoms with Gasteiger partial charge in [-0.25, -0.2) is 0 Å². The van der Waals surface area contributed by atoms with Crippen LogP contribution in [0.1, 0.15) is 22.5 Å². The number of rotatable bonds is 5. The molecular formula is C10H8ClN3O2S2. The molecule has 0 aromatic carbocycles. The third-order valence-electron chi connectivity index (χ3n) is 2.03. The number of anilines is 1. The van der Waals surface area contributed by atoms with Crippen LogP contribution in [0.3, 0.4) is 0 Å². The SMILES string of the molecule is O=C(CCC(=O)c1ccc(Cl)s1)Nc1nncs1. The second-order valence-corrected chi connectivity index (χ2v) is 5.87. The first-order valence-electron chi connectivity index (χ1n) is 4.99. The summed E-state index contributed by atoms with van der Waals surface area (Å²) in [6.07, 6.45) is 0.273. The molecule has 0 spiro atoms. The Labute approximate surface area is 116 Å². The van der Waals surface area contributed by atoms with Crippen molar-refractivity contribution in [2.75, 3.05) is 5.32 Å². The Hall–Kier alpha value is -1.31. The summed E-state index contributed by atoms with van der Waals surface area (Å²) in [6.45, 7) is 0. The minimum absolute atomic E-state index is 0.0840. The van der Waals surface area contributed by atoms with Gasteiger partial charge in [-0.3, -0.25) is 9.59 Å². The van der Waals surface area contributed by atoms with Crippen molar-refractivity contribution in [1.82, 2.24) is 10.2 Å². The molecule has 1 N–H and O–H groups in total. The molecule has 0 aliphatic rings. The lowest BCUT2D eigenvalue weighted by molar-refractivity contribution is -0.116. The largest absolute Gasteiger partial charge is 0.301 e. The number of Topliss-reactive ketones (excluding diaryl/α,β-unsaturated/α-hetero) is 1. The molecule has 2 heterocycles. The second kappa shape index (κ2) is 6.03. The number of nitrogens with zero attached hydrogens (tertiary/aromatic N) is 2. The van der Waals surface area contributed by atoms with E-state index in [0.717, 1.165) is 0 Å². The van der Waals surface area contributed by atoms with Gasteiger partial charge in [0.2, 0.25) is 11.0 Å². The molecule has 2 rings (SSSR count). The Morgan fingerprint density at radius 1 is 1.33 bits per heavy atom. The number of hydrogen-bond acceptors (Lipinski definition) is 6. The van der Waals surface area contributed by atoms with Crippen LogP contribution in [-0.2, 0) is 4.79 Å². The predicted octanol–water partition coefficient (Wildman–Crippen LogP) is 2.85. The van der Waals surface area contributed by atoms with E-state index in [4.69, 9.17) is 11.6 Å². The fourth-order valence-electron chi connectivity index (χ4n) is 1.22. The van der Waals surface area contributed by atoms with Gasteiger partial charge in [0.25, 0.3) is 0 Å². The standard InChI is InChI=1S/C10H8ClN3O2S2/c11-8-3-2-7(18-8)6(15)1-4-9(16)13-10-14-12-5-17-10/h2-3,5H,1,4H2,(H,13,14,16). The van der Waals surface area contributed by atoms with Crippen molar-refractivity contribution in [2.45, 2.75) is 12.8 Å². The lowest BCUT2D eigenvalue weighted by atomic mass is 10.2. The van der Waals surface area contributed by atoms with Crippen LogP contribution in [0.25, 0.3) is 0 Å². The average molecular weight is 302 g/mol. The van der Waals surface area contributed by atoms with Crippen LogP contribution in [0, 0.1) is 0 Å². The minimum atomic E-state index is -0.247. The van der Waals surface area contributed by atoms with E-state index in [-0.39, 0.29) is 24.5 Å². The fourth-order valence-corrected chi connectivity index (χ4v) is 2.70. The summed E-state index contributed by atoms with van der Waals surface area (Å²) in [6, 6.07) is 3.33. The van der Waals surface area contributed by atoms with Gasteiger partial charge in [0.15, 0.2) is 5.78 Å². The number of aromatic nitrogens is 2. The van der Waals surface area contributed by atoms with E-state index < -0.39 is 0 Å². The monoisotopic (exact) mass is 301 g/mol. The van der Waals surface area contributed by atoms with Gasteiger partial charge in [0, 0.05) is 12.8 Å². The quantitative estimate of drug-likeness (QED) is 0.862. The van der Waals surface area contributed by atoms with Gasteiger partial charge >= 0.3 is 0 Å². The molecule has 18 heavy (non-hydrogen) atoms. The smallest absolute Gasteiger partial charge is 0.226 e. The molecule has 94 valence electrons. The molecule has 0 aliphatic heterocycles. The topological polar surface area (TPSA) is 72.0 Å². The van der Waals surface area contributed by atoms with Crippen LogP contribution >= 0.6 is 34.3 Å².